The number of phenols is 1. The summed E-state index contributed by atoms with van der Waals surface area (Å²) >= 11 is 0. The molecule has 2 saturated heterocycles. The van der Waals surface area contributed by atoms with E-state index in [1.165, 1.54) is 68.7 Å². The first-order valence-corrected chi connectivity index (χ1v) is 38.3. The molecule has 0 radical (unpaired) electrons. The highest BCUT2D eigenvalue weighted by atomic mass is 16.4. The number of aromatic nitrogens is 1. The van der Waals surface area contributed by atoms with Gasteiger partial charge < -0.3 is 99.8 Å². The van der Waals surface area contributed by atoms with E-state index in [9.17, 15) is 77.3 Å². The van der Waals surface area contributed by atoms with Crippen LogP contribution in [0.1, 0.15) is 138 Å². The SMILES string of the molecule is CC[C@H](C)[C@H](NC(=O)[C@H](C)NC(=O)[C@H](C)NC(=O)CN)C(=O)NCC(=O)N[C@@H](CC(C)C)C(=O)N[C@@H](C)C(=O)N[C@@H](Cc1c[nH]c2ccccc12)C(=O)N[C@H](C(=O)N1CCC[C@H]1C(=O)N[C@@H](Cc1ccc(O)cc1)C(=O)N[C@@H](Cc1ccccc1)C(=O)NCC(=O)N1CCC[C@H]1C(=O)N[C@@H](C)C(=O)N[C@@H](C)C(=O)O)[C@@H](C)CC. The molecular formula is C78H111N17O18. The molecule has 0 bridgehead atoms. The first kappa shape index (κ1) is 90.4. The van der Waals surface area contributed by atoms with E-state index in [1.807, 2.05) is 12.1 Å². The molecule has 0 unspecified atom stereocenters. The molecule has 113 heavy (non-hydrogen) atoms. The minimum absolute atomic E-state index is 0.0433. The van der Waals surface area contributed by atoms with Crippen LogP contribution >= 0.6 is 0 Å². The van der Waals surface area contributed by atoms with Gasteiger partial charge in [-0.1, -0.05) is 115 Å². The van der Waals surface area contributed by atoms with Gasteiger partial charge in [-0.3, -0.25) is 76.7 Å². The molecule has 3 heterocycles. The van der Waals surface area contributed by atoms with Crippen molar-refractivity contribution in [1.29, 1.82) is 0 Å². The number of fused-ring (bicyclic) bond motifs is 1. The minimum atomic E-state index is -1.45. The number of nitrogens with zero attached hydrogens (tertiary/aromatic N) is 2. The molecule has 18 N–H and O–H groups in total. The fraction of sp³-hybridized carbons (Fsp3) is 0.538. The zero-order valence-electron chi connectivity index (χ0n) is 65.8. The fourth-order valence-electron chi connectivity index (χ4n) is 13.0. The number of carbonyl (C=O) groups excluding carboxylic acids is 15. The van der Waals surface area contributed by atoms with Crippen molar-refractivity contribution in [3.8, 4) is 5.75 Å². The lowest BCUT2D eigenvalue weighted by molar-refractivity contribution is -0.143. The highest BCUT2D eigenvalue weighted by molar-refractivity contribution is 6.01. The number of carboxylic acid groups (broad SMARTS) is 1. The Kier molecular flexibility index (Phi) is 34.7. The van der Waals surface area contributed by atoms with Gasteiger partial charge >= 0.3 is 5.97 Å². The number of hydrogen-bond acceptors (Lipinski definition) is 18. The molecule has 0 spiro atoms. The number of hydrogen-bond donors (Lipinski definition) is 17. The molecule has 3 aromatic carbocycles. The van der Waals surface area contributed by atoms with Crippen LogP contribution in [0.5, 0.6) is 5.75 Å². The van der Waals surface area contributed by atoms with Crippen LogP contribution in [0, 0.1) is 17.8 Å². The van der Waals surface area contributed by atoms with E-state index in [0.717, 1.165) is 0 Å². The molecule has 2 fully saturated rings. The summed E-state index contributed by atoms with van der Waals surface area (Å²) in [4.78, 5) is 225. The monoisotopic (exact) mass is 1570 g/mol. The van der Waals surface area contributed by atoms with E-state index in [0.29, 0.717) is 53.3 Å². The topological polar surface area (TPSA) is 518 Å². The normalized spacial score (nSPS) is 17.4. The van der Waals surface area contributed by atoms with E-state index in [-0.39, 0.29) is 69.8 Å². The molecule has 35 nitrogen and oxygen atoms in total. The maximum Gasteiger partial charge on any atom is 0.325 e. The van der Waals surface area contributed by atoms with Crippen LogP contribution < -0.4 is 74.9 Å². The van der Waals surface area contributed by atoms with Crippen molar-refractivity contribution < 1.29 is 86.9 Å². The number of carbonyl (C=O) groups is 16. The van der Waals surface area contributed by atoms with Crippen LogP contribution in [-0.4, -0.2) is 231 Å². The summed E-state index contributed by atoms with van der Waals surface area (Å²) in [7, 11) is 0. The van der Waals surface area contributed by atoms with Gasteiger partial charge in [0.25, 0.3) is 0 Å². The van der Waals surface area contributed by atoms with E-state index >= 15 is 9.59 Å². The Balaban J connectivity index is 1.16. The van der Waals surface area contributed by atoms with Crippen LogP contribution in [0.25, 0.3) is 10.9 Å². The quantitative estimate of drug-likeness (QED) is 0.0246. The van der Waals surface area contributed by atoms with Crippen LogP contribution in [0.2, 0.25) is 0 Å². The fourth-order valence-corrected chi connectivity index (χ4v) is 13.0. The predicted molar refractivity (Wildman–Crippen MR) is 414 cm³/mol. The van der Waals surface area contributed by atoms with E-state index in [1.54, 1.807) is 90.2 Å². The number of H-pyrrole nitrogens is 1. The van der Waals surface area contributed by atoms with Crippen LogP contribution in [0.15, 0.2) is 85.1 Å². The predicted octanol–water partition coefficient (Wildman–Crippen LogP) is -1.27. The maximum absolute atomic E-state index is 15.2. The number of nitrogens with one attached hydrogen (secondary N) is 14. The summed E-state index contributed by atoms with van der Waals surface area (Å²) in [6.45, 7) is 15.9. The van der Waals surface area contributed by atoms with Crippen molar-refractivity contribution in [2.75, 3.05) is 32.7 Å². The van der Waals surface area contributed by atoms with Crippen molar-refractivity contribution >= 4 is 105 Å². The number of nitrogens with two attached hydrogens (primary N) is 1. The second-order valence-electron chi connectivity index (χ2n) is 29.4. The highest BCUT2D eigenvalue weighted by Crippen LogP contribution is 2.25. The second-order valence-corrected chi connectivity index (χ2v) is 29.4. The Bertz CT molecular complexity index is 4040. The van der Waals surface area contributed by atoms with Gasteiger partial charge in [-0.15, -0.1) is 0 Å². The smallest absolute Gasteiger partial charge is 0.325 e. The summed E-state index contributed by atoms with van der Waals surface area (Å²) in [5.74, 6) is -13.8. The van der Waals surface area contributed by atoms with E-state index in [2.05, 4.69) is 74.1 Å². The van der Waals surface area contributed by atoms with Crippen LogP contribution in [0.4, 0.5) is 0 Å². The summed E-state index contributed by atoms with van der Waals surface area (Å²) in [5, 5.41) is 54.0. The number of aromatic amines is 1. The maximum atomic E-state index is 15.2. The third-order valence-electron chi connectivity index (χ3n) is 20.1. The first-order chi connectivity index (χ1) is 53.5. The van der Waals surface area contributed by atoms with Gasteiger partial charge in [0, 0.05) is 49.5 Å². The number of aromatic hydroxyl groups is 1. The lowest BCUT2D eigenvalue weighted by Crippen LogP contribution is -2.61. The number of likely N-dealkylation sites (tertiary alicyclic amines) is 2. The molecular weight excluding hydrogens is 1460 g/mol. The van der Waals surface area contributed by atoms with Crippen molar-refractivity contribution in [1.82, 2.24) is 83.9 Å². The molecule has 0 saturated carbocycles. The molecule has 35 heteroatoms. The van der Waals surface area contributed by atoms with E-state index in [4.69, 9.17) is 5.73 Å². The molecule has 4 aromatic rings. The summed E-state index contributed by atoms with van der Waals surface area (Å²) in [6.07, 6.45) is 3.11. The minimum Gasteiger partial charge on any atom is -0.508 e. The standard InChI is InChI=1S/C78H111N17O18/c1-12-42(5)64(92-69(103)47(10)84-66(100)44(7)83-61(97)37-79)76(110)81-39-62(98)88-55(33-41(3)4)71(105)85-46(9)68(102)89-58(36-51-38-80-54-24-18-17-23-53(51)54)73(107)93-65(43(6)13-2)77(111)95-32-20-26-60(95)75(109)91-57(35-50-27-29-52(96)30-28-50)72(106)90-56(34-49-21-15-14-16-22-49)70(104)82-40-63(99)94-31-19-25-59(94)74(108)86-45(8)67(101)87-48(11)78(112)113/h14-18,21-24,27-30,38,41-48,55-60,64-65,80,96H,12-13,19-20,25-26,31-37,39-40,79H2,1-11H3,(H,81,110)(H,82,104)(H,83,97)(H,84,100)(H,85,105)(H,86,108)(H,87,101)(H,88,98)(H,89,102)(H,90,106)(H,91,109)(H,92,103)(H,93,107)(H,112,113)/t42-,43-,44-,45-,46-,47-,48-,55-,56-,57-,58-,59-,60-,64-,65-/m0/s1. The highest BCUT2D eigenvalue weighted by Gasteiger charge is 2.43. The average molecular weight is 1570 g/mol. The van der Waals surface area contributed by atoms with E-state index < -0.39 is 198 Å². The van der Waals surface area contributed by atoms with Gasteiger partial charge in [-0.25, -0.2) is 0 Å². The first-order valence-electron chi connectivity index (χ1n) is 38.3. The van der Waals surface area contributed by atoms with Gasteiger partial charge in [-0.2, -0.15) is 0 Å². The number of rotatable bonds is 41. The second kappa shape index (κ2) is 43.3. The van der Waals surface area contributed by atoms with Crippen molar-refractivity contribution in [2.24, 2.45) is 23.5 Å². The number of amides is 15. The molecule has 0 aliphatic carbocycles. The van der Waals surface area contributed by atoms with Gasteiger partial charge in [0.05, 0.1) is 19.6 Å². The number of carboxylic acids is 1. The van der Waals surface area contributed by atoms with Crippen LogP contribution in [-0.2, 0) is 96.0 Å². The Labute approximate surface area is 656 Å². The zero-order valence-corrected chi connectivity index (χ0v) is 65.8. The summed E-state index contributed by atoms with van der Waals surface area (Å²) < 4.78 is 0. The molecule has 2 aliphatic heterocycles. The largest absolute Gasteiger partial charge is 0.508 e. The van der Waals surface area contributed by atoms with Crippen molar-refractivity contribution in [2.45, 2.75) is 219 Å². The molecule has 15 amide bonds. The van der Waals surface area contributed by atoms with Crippen LogP contribution in [0.3, 0.4) is 0 Å². The number of para-hydroxylation sites is 1. The van der Waals surface area contributed by atoms with Gasteiger partial charge in [-0.05, 0) is 119 Å². The Hall–Kier alpha value is -11.5. The van der Waals surface area contributed by atoms with Gasteiger partial charge in [0.15, 0.2) is 0 Å². The Morgan fingerprint density at radius 2 is 0.929 bits per heavy atom. The number of phenolic OH excluding ortho intramolecular Hbond substituents is 1. The van der Waals surface area contributed by atoms with Gasteiger partial charge in [0.1, 0.15) is 84.3 Å². The summed E-state index contributed by atoms with van der Waals surface area (Å²) in [6, 6.07) is 5.50. The third-order valence-corrected chi connectivity index (χ3v) is 20.1. The van der Waals surface area contributed by atoms with Gasteiger partial charge in [0.2, 0.25) is 88.6 Å². The molecule has 616 valence electrons. The molecule has 6 rings (SSSR count). The lowest BCUT2D eigenvalue weighted by Gasteiger charge is -2.33. The zero-order chi connectivity index (χ0) is 83.5. The molecule has 2 aliphatic rings. The van der Waals surface area contributed by atoms with Crippen molar-refractivity contribution in [3.05, 3.63) is 102 Å². The third kappa shape index (κ3) is 26.9. The Morgan fingerprint density at radius 1 is 0.460 bits per heavy atom. The Morgan fingerprint density at radius 3 is 1.54 bits per heavy atom. The molecule has 15 atom stereocenters. The average Bonchev–Trinajstić information content (AvgIpc) is 1.71. The number of benzene rings is 3. The lowest BCUT2D eigenvalue weighted by atomic mass is 9.96. The summed E-state index contributed by atoms with van der Waals surface area (Å²) in [5.41, 5.74) is 7.71. The van der Waals surface area contributed by atoms with Crippen molar-refractivity contribution in [3.63, 3.8) is 0 Å². The number of aliphatic carboxylic acids is 1. The molecule has 1 aromatic heterocycles.